The van der Waals surface area contributed by atoms with E-state index in [1.807, 2.05) is 24.3 Å². The molecule has 2 saturated heterocycles. The fourth-order valence-corrected chi connectivity index (χ4v) is 5.61. The average molecular weight is 600 g/mol. The SMILES string of the molecule is O=C1CCC(NCc2ccc(CNCC3CCN(c4ncc(-c5cccc(Cl)c5)cc4C(F)(F)F)CC3)cc2)C(=O)N1. The van der Waals surface area contributed by atoms with Crippen LogP contribution in [0.4, 0.5) is 19.0 Å². The number of halogens is 4. The highest BCUT2D eigenvalue weighted by molar-refractivity contribution is 6.30. The molecular weight excluding hydrogens is 567 g/mol. The summed E-state index contributed by atoms with van der Waals surface area (Å²) in [6.45, 7) is 3.01. The maximum Gasteiger partial charge on any atom is 0.419 e. The first-order valence-corrected chi connectivity index (χ1v) is 14.5. The molecular formula is C31H33ClF3N5O2. The Kier molecular flexibility index (Phi) is 9.45. The number of rotatable bonds is 9. The molecule has 2 amide bonds. The molecule has 2 aliphatic heterocycles. The molecule has 1 unspecified atom stereocenters. The summed E-state index contributed by atoms with van der Waals surface area (Å²) in [5.41, 5.74) is 2.41. The molecule has 2 aromatic carbocycles. The molecule has 3 heterocycles. The monoisotopic (exact) mass is 599 g/mol. The van der Waals surface area contributed by atoms with Crippen LogP contribution >= 0.6 is 11.6 Å². The predicted molar refractivity (Wildman–Crippen MR) is 156 cm³/mol. The van der Waals surface area contributed by atoms with Gasteiger partial charge in [-0.15, -0.1) is 0 Å². The summed E-state index contributed by atoms with van der Waals surface area (Å²) < 4.78 is 42.1. The minimum Gasteiger partial charge on any atom is -0.356 e. The molecule has 42 heavy (non-hydrogen) atoms. The second kappa shape index (κ2) is 13.2. The zero-order valence-electron chi connectivity index (χ0n) is 23.0. The third kappa shape index (κ3) is 7.67. The maximum atomic E-state index is 14.0. The number of anilines is 1. The van der Waals surface area contributed by atoms with Gasteiger partial charge in [0.05, 0.1) is 11.6 Å². The van der Waals surface area contributed by atoms with E-state index >= 15 is 0 Å². The number of hydrogen-bond acceptors (Lipinski definition) is 6. The molecule has 0 bridgehead atoms. The van der Waals surface area contributed by atoms with Crippen molar-refractivity contribution < 1.29 is 22.8 Å². The normalized spacial score (nSPS) is 18.3. The van der Waals surface area contributed by atoms with Gasteiger partial charge >= 0.3 is 6.18 Å². The summed E-state index contributed by atoms with van der Waals surface area (Å²) >= 11 is 6.03. The second-order valence-electron chi connectivity index (χ2n) is 10.9. The summed E-state index contributed by atoms with van der Waals surface area (Å²) in [4.78, 5) is 29.2. The minimum absolute atomic E-state index is 0.0214. The predicted octanol–water partition coefficient (Wildman–Crippen LogP) is 5.32. The van der Waals surface area contributed by atoms with Crippen molar-refractivity contribution in [2.75, 3.05) is 24.5 Å². The van der Waals surface area contributed by atoms with E-state index in [2.05, 4.69) is 20.9 Å². The van der Waals surface area contributed by atoms with Gasteiger partial charge in [0, 0.05) is 49.4 Å². The lowest BCUT2D eigenvalue weighted by Gasteiger charge is -2.34. The van der Waals surface area contributed by atoms with Gasteiger partial charge in [-0.2, -0.15) is 13.2 Å². The fraction of sp³-hybridized carbons (Fsp3) is 0.387. The van der Waals surface area contributed by atoms with Gasteiger partial charge in [-0.1, -0.05) is 48.0 Å². The number of imide groups is 1. The highest BCUT2D eigenvalue weighted by atomic mass is 35.5. The number of alkyl halides is 3. The first kappa shape index (κ1) is 30.0. The van der Waals surface area contributed by atoms with Crippen LogP contribution in [0.1, 0.15) is 42.4 Å². The molecule has 3 aromatic rings. The first-order chi connectivity index (χ1) is 20.2. The molecule has 11 heteroatoms. The summed E-state index contributed by atoms with van der Waals surface area (Å²) in [5, 5.41) is 9.48. The van der Waals surface area contributed by atoms with Crippen LogP contribution in [-0.4, -0.2) is 42.5 Å². The van der Waals surface area contributed by atoms with E-state index in [-0.39, 0.29) is 23.7 Å². The van der Waals surface area contributed by atoms with E-state index in [1.54, 1.807) is 29.2 Å². The molecule has 222 valence electrons. The quantitative estimate of drug-likeness (QED) is 0.289. The van der Waals surface area contributed by atoms with Crippen LogP contribution in [0.3, 0.4) is 0 Å². The number of benzene rings is 2. The Hall–Kier alpha value is -3.47. The van der Waals surface area contributed by atoms with Gasteiger partial charge in [0.1, 0.15) is 5.82 Å². The van der Waals surface area contributed by atoms with Crippen LogP contribution in [-0.2, 0) is 28.9 Å². The Labute approximate surface area is 247 Å². The molecule has 0 radical (unpaired) electrons. The number of pyridine rings is 1. The van der Waals surface area contributed by atoms with E-state index in [1.165, 1.54) is 6.20 Å². The standard InChI is InChI=1S/C31H33ClF3N5O2/c32-25-3-1-2-23(14-25)24-15-26(31(33,34)35)29(38-19-24)40-12-10-22(11-13-40)17-36-16-20-4-6-21(7-5-20)18-37-27-8-9-28(41)39-30(27)42/h1-7,14-15,19,22,27,36-37H,8-13,16-18H2,(H,39,41,42). The molecule has 0 saturated carbocycles. The van der Waals surface area contributed by atoms with Crippen LogP contribution in [0.25, 0.3) is 11.1 Å². The van der Waals surface area contributed by atoms with Crippen molar-refractivity contribution in [3.05, 3.63) is 82.5 Å². The number of carbonyl (C=O) groups excluding carboxylic acids is 2. The third-order valence-corrected chi connectivity index (χ3v) is 8.06. The zero-order chi connectivity index (χ0) is 29.7. The van der Waals surface area contributed by atoms with E-state index in [0.717, 1.165) is 36.6 Å². The summed E-state index contributed by atoms with van der Waals surface area (Å²) in [5.74, 6) is -0.167. The first-order valence-electron chi connectivity index (χ1n) is 14.1. The Morgan fingerprint density at radius 3 is 2.33 bits per heavy atom. The van der Waals surface area contributed by atoms with Crippen molar-refractivity contribution in [2.24, 2.45) is 5.92 Å². The van der Waals surface area contributed by atoms with Crippen molar-refractivity contribution in [3.8, 4) is 11.1 Å². The van der Waals surface area contributed by atoms with Crippen LogP contribution in [0, 0.1) is 5.92 Å². The molecule has 2 aliphatic rings. The Bertz CT molecular complexity index is 1410. The molecule has 5 rings (SSSR count). The van der Waals surface area contributed by atoms with Crippen LogP contribution < -0.4 is 20.9 Å². The molecule has 7 nitrogen and oxygen atoms in total. The van der Waals surface area contributed by atoms with Crippen molar-refractivity contribution in [1.29, 1.82) is 0 Å². The summed E-state index contributed by atoms with van der Waals surface area (Å²) in [6.07, 6.45) is -0.649. The number of aromatic nitrogens is 1. The topological polar surface area (TPSA) is 86.4 Å². The maximum absolute atomic E-state index is 14.0. The highest BCUT2D eigenvalue weighted by Crippen LogP contribution is 2.39. The van der Waals surface area contributed by atoms with Crippen molar-refractivity contribution in [2.45, 2.75) is 51.0 Å². The summed E-state index contributed by atoms with van der Waals surface area (Å²) in [7, 11) is 0. The van der Waals surface area contributed by atoms with Gasteiger partial charge in [-0.05, 0) is 66.6 Å². The average Bonchev–Trinajstić information content (AvgIpc) is 2.97. The Balaban J connectivity index is 1.09. The van der Waals surface area contributed by atoms with Crippen LogP contribution in [0.2, 0.25) is 5.02 Å². The number of carbonyl (C=O) groups is 2. The van der Waals surface area contributed by atoms with E-state index < -0.39 is 11.7 Å². The summed E-state index contributed by atoms with van der Waals surface area (Å²) in [6, 6.07) is 15.6. The second-order valence-corrected chi connectivity index (χ2v) is 11.3. The Morgan fingerprint density at radius 2 is 1.67 bits per heavy atom. The minimum atomic E-state index is -4.52. The fourth-order valence-electron chi connectivity index (χ4n) is 5.42. The van der Waals surface area contributed by atoms with Crippen molar-refractivity contribution in [1.82, 2.24) is 20.9 Å². The molecule has 3 N–H and O–H groups in total. The third-order valence-electron chi connectivity index (χ3n) is 7.82. The van der Waals surface area contributed by atoms with Gasteiger partial charge in [0.25, 0.3) is 0 Å². The van der Waals surface area contributed by atoms with Gasteiger partial charge < -0.3 is 15.5 Å². The molecule has 1 atom stereocenters. The lowest BCUT2D eigenvalue weighted by molar-refractivity contribution is -0.137. The lowest BCUT2D eigenvalue weighted by atomic mass is 9.96. The molecule has 0 aliphatic carbocycles. The highest BCUT2D eigenvalue weighted by Gasteiger charge is 2.37. The van der Waals surface area contributed by atoms with E-state index in [0.29, 0.717) is 61.1 Å². The number of nitrogens with one attached hydrogen (secondary N) is 3. The zero-order valence-corrected chi connectivity index (χ0v) is 23.8. The van der Waals surface area contributed by atoms with Crippen molar-refractivity contribution in [3.63, 3.8) is 0 Å². The number of hydrogen-bond donors (Lipinski definition) is 3. The number of nitrogens with zero attached hydrogens (tertiary/aromatic N) is 2. The van der Waals surface area contributed by atoms with Gasteiger partial charge in [0.2, 0.25) is 11.8 Å². The largest absolute Gasteiger partial charge is 0.419 e. The number of piperidine rings is 2. The molecule has 1 aromatic heterocycles. The number of amides is 2. The van der Waals surface area contributed by atoms with Crippen LogP contribution in [0.5, 0.6) is 0 Å². The smallest absolute Gasteiger partial charge is 0.356 e. The van der Waals surface area contributed by atoms with Crippen LogP contribution in [0.15, 0.2) is 60.8 Å². The molecule has 0 spiro atoms. The van der Waals surface area contributed by atoms with Gasteiger partial charge in [-0.3, -0.25) is 14.9 Å². The van der Waals surface area contributed by atoms with E-state index in [4.69, 9.17) is 11.6 Å². The Morgan fingerprint density at radius 1 is 0.952 bits per heavy atom. The van der Waals surface area contributed by atoms with Crippen molar-refractivity contribution >= 4 is 29.2 Å². The lowest BCUT2D eigenvalue weighted by Crippen LogP contribution is -2.50. The van der Waals surface area contributed by atoms with Gasteiger partial charge in [-0.25, -0.2) is 4.98 Å². The van der Waals surface area contributed by atoms with Gasteiger partial charge in [0.15, 0.2) is 0 Å². The van der Waals surface area contributed by atoms with E-state index in [9.17, 15) is 22.8 Å². The molecule has 2 fully saturated rings.